The van der Waals surface area contributed by atoms with Gasteiger partial charge in [0.25, 0.3) is 0 Å². The highest BCUT2D eigenvalue weighted by Crippen LogP contribution is 2.31. The maximum absolute atomic E-state index is 3.48. The molecule has 0 unspecified atom stereocenters. The monoisotopic (exact) mass is 272 g/mol. The largest absolute Gasteiger partial charge is 0.317 e. The zero-order valence-corrected chi connectivity index (χ0v) is 13.0. The van der Waals surface area contributed by atoms with Gasteiger partial charge in [0.1, 0.15) is 0 Å². The predicted octanol–water partition coefficient (Wildman–Crippen LogP) is 3.27. The van der Waals surface area contributed by atoms with Crippen molar-refractivity contribution in [1.29, 1.82) is 0 Å². The highest BCUT2D eigenvalue weighted by Gasteiger charge is 2.31. The van der Waals surface area contributed by atoms with Gasteiger partial charge in [-0.05, 0) is 69.7 Å². The van der Waals surface area contributed by atoms with Gasteiger partial charge in [-0.2, -0.15) is 0 Å². The smallest absolute Gasteiger partial charge is 0.0239 e. The molecule has 1 heterocycles. The van der Waals surface area contributed by atoms with E-state index in [2.05, 4.69) is 42.3 Å². The number of hydrogen-bond acceptors (Lipinski definition) is 2. The Balaban J connectivity index is 1.66. The molecule has 0 spiro atoms. The molecule has 1 aliphatic carbocycles. The average molecular weight is 272 g/mol. The Hall–Kier alpha value is -0.860. The van der Waals surface area contributed by atoms with Crippen LogP contribution in [-0.4, -0.2) is 30.6 Å². The predicted molar refractivity (Wildman–Crippen MR) is 84.9 cm³/mol. The van der Waals surface area contributed by atoms with Gasteiger partial charge in [0.15, 0.2) is 0 Å². The molecule has 0 bridgehead atoms. The van der Waals surface area contributed by atoms with E-state index in [4.69, 9.17) is 0 Å². The first-order valence-corrected chi connectivity index (χ1v) is 8.23. The summed E-state index contributed by atoms with van der Waals surface area (Å²) >= 11 is 0. The number of nitrogens with one attached hydrogen (secondary N) is 1. The van der Waals surface area contributed by atoms with Crippen LogP contribution in [0.15, 0.2) is 18.2 Å². The molecular weight excluding hydrogens is 244 g/mol. The van der Waals surface area contributed by atoms with Gasteiger partial charge in [-0.3, -0.25) is 4.90 Å². The number of hydrogen-bond donors (Lipinski definition) is 1. The van der Waals surface area contributed by atoms with E-state index in [1.54, 1.807) is 0 Å². The third kappa shape index (κ3) is 3.62. The summed E-state index contributed by atoms with van der Waals surface area (Å²) in [5.74, 6) is 0.905. The Morgan fingerprint density at radius 2 is 1.85 bits per heavy atom. The fraction of sp³-hybridized carbons (Fsp3) is 0.667. The summed E-state index contributed by atoms with van der Waals surface area (Å²) in [7, 11) is 0. The molecule has 1 aromatic rings. The highest BCUT2D eigenvalue weighted by molar-refractivity contribution is 5.30. The molecular formula is C18H28N2. The van der Waals surface area contributed by atoms with Crippen LogP contribution in [0.1, 0.15) is 42.4 Å². The Kier molecular flexibility index (Phi) is 4.42. The van der Waals surface area contributed by atoms with Crippen molar-refractivity contribution in [1.82, 2.24) is 10.2 Å². The van der Waals surface area contributed by atoms with Crippen LogP contribution < -0.4 is 5.32 Å². The summed E-state index contributed by atoms with van der Waals surface area (Å²) in [6.07, 6.45) is 5.54. The first kappa shape index (κ1) is 14.1. The molecule has 3 rings (SSSR count). The number of benzene rings is 1. The zero-order valence-electron chi connectivity index (χ0n) is 13.0. The maximum Gasteiger partial charge on any atom is 0.0239 e. The lowest BCUT2D eigenvalue weighted by molar-refractivity contribution is 0.190. The topological polar surface area (TPSA) is 15.3 Å². The summed E-state index contributed by atoms with van der Waals surface area (Å²) < 4.78 is 0. The Morgan fingerprint density at radius 3 is 2.55 bits per heavy atom. The van der Waals surface area contributed by atoms with Crippen molar-refractivity contribution in [3.63, 3.8) is 0 Å². The minimum Gasteiger partial charge on any atom is -0.317 e. The van der Waals surface area contributed by atoms with E-state index in [-0.39, 0.29) is 0 Å². The van der Waals surface area contributed by atoms with Crippen molar-refractivity contribution in [2.75, 3.05) is 19.6 Å². The third-order valence-electron chi connectivity index (χ3n) is 4.89. The lowest BCUT2D eigenvalue weighted by Gasteiger charge is -2.30. The number of aryl methyl sites for hydroxylation is 2. The first-order valence-electron chi connectivity index (χ1n) is 8.23. The molecule has 0 atom stereocenters. The standard InChI is InChI=1S/C18H28N2/c1-14-3-4-15(2)17(11-14)13-20(18-5-6-18)12-16-7-9-19-10-8-16/h3-4,11,16,18-19H,5-10,12-13H2,1-2H3. The minimum absolute atomic E-state index is 0.866. The van der Waals surface area contributed by atoms with E-state index in [0.717, 1.165) is 18.5 Å². The van der Waals surface area contributed by atoms with Gasteiger partial charge >= 0.3 is 0 Å². The fourth-order valence-corrected chi connectivity index (χ4v) is 3.37. The lowest BCUT2D eigenvalue weighted by atomic mass is 9.97. The Labute approximate surface area is 123 Å². The van der Waals surface area contributed by atoms with Crippen molar-refractivity contribution in [3.05, 3.63) is 34.9 Å². The second-order valence-corrected chi connectivity index (χ2v) is 6.78. The fourth-order valence-electron chi connectivity index (χ4n) is 3.37. The van der Waals surface area contributed by atoms with Gasteiger partial charge in [0, 0.05) is 19.1 Å². The van der Waals surface area contributed by atoms with Crippen LogP contribution in [0, 0.1) is 19.8 Å². The second-order valence-electron chi connectivity index (χ2n) is 6.78. The van der Waals surface area contributed by atoms with E-state index in [1.165, 1.54) is 62.0 Å². The van der Waals surface area contributed by atoms with Gasteiger partial charge in [-0.25, -0.2) is 0 Å². The van der Waals surface area contributed by atoms with Crippen molar-refractivity contribution < 1.29 is 0 Å². The summed E-state index contributed by atoms with van der Waals surface area (Å²) in [4.78, 5) is 2.76. The van der Waals surface area contributed by atoms with Crippen LogP contribution in [0.4, 0.5) is 0 Å². The molecule has 1 aromatic carbocycles. The summed E-state index contributed by atoms with van der Waals surface area (Å²) in [6, 6.07) is 7.75. The van der Waals surface area contributed by atoms with E-state index < -0.39 is 0 Å². The van der Waals surface area contributed by atoms with Crippen LogP contribution in [0.5, 0.6) is 0 Å². The Bertz CT molecular complexity index is 445. The lowest BCUT2D eigenvalue weighted by Crippen LogP contribution is -2.37. The van der Waals surface area contributed by atoms with E-state index >= 15 is 0 Å². The molecule has 0 radical (unpaired) electrons. The molecule has 1 N–H and O–H groups in total. The zero-order chi connectivity index (χ0) is 13.9. The molecule has 2 aliphatic rings. The van der Waals surface area contributed by atoms with Crippen molar-refractivity contribution in [2.45, 2.75) is 52.1 Å². The number of nitrogens with zero attached hydrogens (tertiary/aromatic N) is 1. The van der Waals surface area contributed by atoms with Gasteiger partial charge < -0.3 is 5.32 Å². The molecule has 0 amide bonds. The van der Waals surface area contributed by atoms with Crippen LogP contribution in [0.25, 0.3) is 0 Å². The van der Waals surface area contributed by atoms with E-state index in [1.807, 2.05) is 0 Å². The molecule has 110 valence electrons. The normalized spacial score (nSPS) is 20.6. The van der Waals surface area contributed by atoms with Crippen molar-refractivity contribution in [2.24, 2.45) is 5.92 Å². The van der Waals surface area contributed by atoms with Crippen LogP contribution in [0.2, 0.25) is 0 Å². The molecule has 2 nitrogen and oxygen atoms in total. The maximum atomic E-state index is 3.48. The second kappa shape index (κ2) is 6.28. The van der Waals surface area contributed by atoms with Crippen LogP contribution >= 0.6 is 0 Å². The molecule has 1 saturated carbocycles. The molecule has 20 heavy (non-hydrogen) atoms. The van der Waals surface area contributed by atoms with Gasteiger partial charge in [-0.1, -0.05) is 23.8 Å². The molecule has 2 heteroatoms. The minimum atomic E-state index is 0.866. The molecule has 1 saturated heterocycles. The number of piperidine rings is 1. The SMILES string of the molecule is Cc1ccc(C)c(CN(CC2CCNCC2)C2CC2)c1. The van der Waals surface area contributed by atoms with Gasteiger partial charge in [0.05, 0.1) is 0 Å². The third-order valence-corrected chi connectivity index (χ3v) is 4.89. The number of rotatable bonds is 5. The quantitative estimate of drug-likeness (QED) is 0.885. The average Bonchev–Trinajstić information content (AvgIpc) is 3.28. The van der Waals surface area contributed by atoms with Gasteiger partial charge in [-0.15, -0.1) is 0 Å². The van der Waals surface area contributed by atoms with E-state index in [0.29, 0.717) is 0 Å². The van der Waals surface area contributed by atoms with Crippen molar-refractivity contribution in [3.8, 4) is 0 Å². The summed E-state index contributed by atoms with van der Waals surface area (Å²) in [5.41, 5.74) is 4.38. The van der Waals surface area contributed by atoms with Gasteiger partial charge in [0.2, 0.25) is 0 Å². The van der Waals surface area contributed by atoms with Crippen LogP contribution in [0.3, 0.4) is 0 Å². The van der Waals surface area contributed by atoms with E-state index in [9.17, 15) is 0 Å². The summed E-state index contributed by atoms with van der Waals surface area (Å²) in [5, 5.41) is 3.48. The van der Waals surface area contributed by atoms with Crippen molar-refractivity contribution >= 4 is 0 Å². The molecule has 0 aromatic heterocycles. The van der Waals surface area contributed by atoms with Crippen LogP contribution in [-0.2, 0) is 6.54 Å². The first-order chi connectivity index (χ1) is 9.72. The summed E-state index contributed by atoms with van der Waals surface area (Å²) in [6.45, 7) is 9.35. The molecule has 2 fully saturated rings. The highest BCUT2D eigenvalue weighted by atomic mass is 15.2. The Morgan fingerprint density at radius 1 is 1.10 bits per heavy atom. The molecule has 1 aliphatic heterocycles.